The Bertz CT molecular complexity index is 1540. The third-order valence-electron chi connectivity index (χ3n) is 5.90. The Balaban J connectivity index is 1.51. The summed E-state index contributed by atoms with van der Waals surface area (Å²) in [6, 6.07) is 9.33. The minimum absolute atomic E-state index is 0.0825. The molecule has 0 saturated heterocycles. The van der Waals surface area contributed by atoms with E-state index in [2.05, 4.69) is 26.6 Å². The van der Waals surface area contributed by atoms with Crippen LogP contribution in [-0.4, -0.2) is 28.5 Å². The first-order valence-electron chi connectivity index (χ1n) is 11.0. The molecule has 3 aromatic carbocycles. The quantitative estimate of drug-likeness (QED) is 0.178. The molecule has 1 saturated carbocycles. The summed E-state index contributed by atoms with van der Waals surface area (Å²) in [6.07, 6.45) is -3.54. The maximum Gasteiger partial charge on any atom is 0.315 e. The van der Waals surface area contributed by atoms with Crippen molar-refractivity contribution in [2.45, 2.75) is 16.7 Å². The number of carbonyl (C=O) groups excluding carboxylic acids is 3. The van der Waals surface area contributed by atoms with E-state index in [9.17, 15) is 36.3 Å². The zero-order chi connectivity index (χ0) is 29.5. The fourth-order valence-electron chi connectivity index (χ4n) is 3.90. The van der Waals surface area contributed by atoms with Crippen molar-refractivity contribution in [3.63, 3.8) is 0 Å². The molecule has 1 aliphatic rings. The van der Waals surface area contributed by atoms with Crippen molar-refractivity contribution in [3.8, 4) is 0 Å². The lowest BCUT2D eigenvalue weighted by Crippen LogP contribution is -2.22. The fraction of sp³-hybridized carbons (Fsp3) is 0.160. The third kappa shape index (κ3) is 6.04. The second kappa shape index (κ2) is 11.5. The van der Waals surface area contributed by atoms with Gasteiger partial charge in [0.25, 0.3) is 11.8 Å². The summed E-state index contributed by atoms with van der Waals surface area (Å²) < 4.78 is 66.0. The van der Waals surface area contributed by atoms with Crippen molar-refractivity contribution >= 4 is 85.5 Å². The van der Waals surface area contributed by atoms with E-state index < -0.39 is 69.1 Å². The molecule has 0 heterocycles. The molecule has 6 nitrogen and oxygen atoms in total. The van der Waals surface area contributed by atoms with E-state index >= 15 is 0 Å². The highest BCUT2D eigenvalue weighted by Gasteiger charge is 2.67. The molecule has 1 aliphatic carbocycles. The molecule has 0 spiro atoms. The number of alkyl halides is 4. The third-order valence-corrected chi connectivity index (χ3v) is 7.78. The predicted octanol–water partition coefficient (Wildman–Crippen LogP) is 7.50. The normalized spacial score (nSPS) is 17.4. The van der Waals surface area contributed by atoms with Gasteiger partial charge in [0.05, 0.1) is 26.7 Å². The number of amides is 3. The van der Waals surface area contributed by atoms with Crippen molar-refractivity contribution in [3.05, 3.63) is 86.6 Å². The molecule has 1 fully saturated rings. The van der Waals surface area contributed by atoms with Crippen molar-refractivity contribution in [2.24, 2.45) is 5.92 Å². The topological polar surface area (TPSA) is 87.3 Å². The Morgan fingerprint density at radius 2 is 1.57 bits per heavy atom. The van der Waals surface area contributed by atoms with E-state index in [0.717, 1.165) is 12.1 Å². The van der Waals surface area contributed by atoms with Crippen LogP contribution in [0.25, 0.3) is 0 Å². The summed E-state index contributed by atoms with van der Waals surface area (Å²) in [6.45, 7) is 0. The van der Waals surface area contributed by atoms with Gasteiger partial charge in [0.1, 0.15) is 21.7 Å². The van der Waals surface area contributed by atoms with E-state index in [1.54, 1.807) is 0 Å². The molecular weight excluding hydrogens is 672 g/mol. The van der Waals surface area contributed by atoms with Crippen LogP contribution in [0.3, 0.4) is 0 Å². The van der Waals surface area contributed by atoms with Gasteiger partial charge >= 0.3 is 6.43 Å². The Hall–Kier alpha value is -2.93. The highest BCUT2D eigenvalue weighted by molar-refractivity contribution is 9.10. The highest BCUT2D eigenvalue weighted by Crippen LogP contribution is 2.65. The van der Waals surface area contributed by atoms with E-state index in [-0.39, 0.29) is 20.7 Å². The van der Waals surface area contributed by atoms with E-state index in [1.165, 1.54) is 35.6 Å². The van der Waals surface area contributed by atoms with Gasteiger partial charge in [-0.25, -0.2) is 13.2 Å². The molecule has 0 aliphatic heterocycles. The number of halogens is 9. The summed E-state index contributed by atoms with van der Waals surface area (Å²) >= 11 is 21.8. The van der Waals surface area contributed by atoms with Crippen LogP contribution < -0.4 is 16.0 Å². The average Bonchev–Trinajstić information content (AvgIpc) is 3.47. The molecule has 3 aromatic rings. The molecule has 3 amide bonds. The summed E-state index contributed by atoms with van der Waals surface area (Å²) in [5.41, 5.74) is -1.49. The molecule has 0 aromatic heterocycles. The van der Waals surface area contributed by atoms with Gasteiger partial charge in [-0.3, -0.25) is 14.4 Å². The Labute approximate surface area is 246 Å². The van der Waals surface area contributed by atoms with Crippen LogP contribution >= 0.6 is 50.7 Å². The Morgan fingerprint density at radius 3 is 2.23 bits per heavy atom. The Morgan fingerprint density at radius 1 is 0.900 bits per heavy atom. The molecule has 0 radical (unpaired) electrons. The van der Waals surface area contributed by atoms with Gasteiger partial charge in [-0.15, -0.1) is 23.2 Å². The molecule has 0 unspecified atom stereocenters. The monoisotopic (exact) mass is 683 g/mol. The van der Waals surface area contributed by atoms with Gasteiger partial charge in [0, 0.05) is 11.6 Å². The van der Waals surface area contributed by atoms with Gasteiger partial charge in [0.15, 0.2) is 5.82 Å². The van der Waals surface area contributed by atoms with Crippen LogP contribution in [0.1, 0.15) is 21.8 Å². The van der Waals surface area contributed by atoms with E-state index in [0.29, 0.717) is 11.6 Å². The van der Waals surface area contributed by atoms with E-state index in [1.807, 2.05) is 0 Å². The lowest BCUT2D eigenvalue weighted by molar-refractivity contribution is -0.126. The summed E-state index contributed by atoms with van der Waals surface area (Å²) in [4.78, 5) is 37.0. The molecule has 15 heteroatoms. The summed E-state index contributed by atoms with van der Waals surface area (Å²) in [5.74, 6) is -8.56. The second-order valence-corrected chi connectivity index (χ2v) is 11.2. The zero-order valence-electron chi connectivity index (χ0n) is 19.5. The first-order chi connectivity index (χ1) is 18.7. The highest BCUT2D eigenvalue weighted by atomic mass is 79.9. The second-order valence-electron chi connectivity index (χ2n) is 8.52. The van der Waals surface area contributed by atoms with Crippen LogP contribution in [0.2, 0.25) is 5.02 Å². The first kappa shape index (κ1) is 30.0. The number of hydrogen-bond donors (Lipinski definition) is 3. The molecule has 0 bridgehead atoms. The largest absolute Gasteiger partial charge is 0.326 e. The molecule has 40 heavy (non-hydrogen) atoms. The number of carbonyl (C=O) groups is 3. The van der Waals surface area contributed by atoms with Crippen molar-refractivity contribution < 1.29 is 36.3 Å². The summed E-state index contributed by atoms with van der Waals surface area (Å²) in [7, 11) is 0. The predicted molar refractivity (Wildman–Crippen MR) is 144 cm³/mol. The maximum absolute atomic E-state index is 14.7. The number of rotatable bonds is 7. The van der Waals surface area contributed by atoms with Crippen molar-refractivity contribution in [1.29, 1.82) is 0 Å². The fourth-order valence-corrected chi connectivity index (χ4v) is 5.33. The number of hydrogen-bond acceptors (Lipinski definition) is 3. The van der Waals surface area contributed by atoms with Crippen LogP contribution in [0.5, 0.6) is 0 Å². The van der Waals surface area contributed by atoms with Crippen LogP contribution in [0.15, 0.2) is 53.0 Å². The molecular formula is C25H14BrCl3F5N3O3. The smallest absolute Gasteiger partial charge is 0.315 e. The van der Waals surface area contributed by atoms with Crippen molar-refractivity contribution in [1.82, 2.24) is 0 Å². The van der Waals surface area contributed by atoms with Gasteiger partial charge < -0.3 is 16.0 Å². The number of nitrogens with one attached hydrogen (secondary N) is 3. The van der Waals surface area contributed by atoms with E-state index in [4.69, 9.17) is 34.8 Å². The van der Waals surface area contributed by atoms with Crippen LogP contribution in [0.4, 0.5) is 39.0 Å². The maximum atomic E-state index is 14.7. The first-order valence-corrected chi connectivity index (χ1v) is 13.0. The van der Waals surface area contributed by atoms with Gasteiger partial charge in [-0.1, -0.05) is 17.7 Å². The number of benzene rings is 3. The minimum atomic E-state index is -3.54. The Kier molecular flexibility index (Phi) is 8.65. The average molecular weight is 686 g/mol. The minimum Gasteiger partial charge on any atom is -0.326 e. The lowest BCUT2D eigenvalue weighted by atomic mass is 10.1. The SMILES string of the molecule is O=C(Nc1ccc(F)c(NC(=O)C(F)F)c1F)c1cc(NC(=O)[C@H]2[C@H](c3ccc(F)c(Br)c3)C2(Cl)Cl)ccc1Cl. The molecule has 3 N–H and O–H groups in total. The molecule has 210 valence electrons. The molecule has 2 atom stereocenters. The van der Waals surface area contributed by atoms with Gasteiger partial charge in [-0.2, -0.15) is 8.78 Å². The molecule has 4 rings (SSSR count). The van der Waals surface area contributed by atoms with Crippen molar-refractivity contribution in [2.75, 3.05) is 16.0 Å². The zero-order valence-corrected chi connectivity index (χ0v) is 23.3. The van der Waals surface area contributed by atoms with Crippen LogP contribution in [-0.2, 0) is 9.59 Å². The van der Waals surface area contributed by atoms with Gasteiger partial charge in [-0.05, 0) is 64.0 Å². The van der Waals surface area contributed by atoms with Crippen LogP contribution in [0, 0.1) is 23.4 Å². The number of anilines is 3. The van der Waals surface area contributed by atoms with Gasteiger partial charge in [0.2, 0.25) is 5.91 Å². The lowest BCUT2D eigenvalue weighted by Gasteiger charge is -2.13. The summed E-state index contributed by atoms with van der Waals surface area (Å²) in [5, 5.41) is 5.96. The standard InChI is InChI=1S/C25H14BrCl3F5N3O3/c26-12-7-9(1-4-14(12)30)17-18(25(17,28)29)23(39)35-10-2-3-13(27)11(8-10)22(38)36-16-6-5-15(31)20(19(16)32)37-24(40)21(33)34/h1-8,17-18,21H,(H,35,39)(H,36,38)(H,37,40)/t17-,18+/m0/s1.